The summed E-state index contributed by atoms with van der Waals surface area (Å²) < 4.78 is 11.2. The molecular formula is C22H25N5O4. The molecule has 0 spiro atoms. The fourth-order valence-corrected chi connectivity index (χ4v) is 4.30. The summed E-state index contributed by atoms with van der Waals surface area (Å²) in [6, 6.07) is 3.98. The van der Waals surface area contributed by atoms with Crippen LogP contribution < -0.4 is 9.80 Å². The van der Waals surface area contributed by atoms with Crippen LogP contribution in [-0.2, 0) is 20.7 Å². The van der Waals surface area contributed by atoms with E-state index in [4.69, 9.17) is 9.47 Å². The number of anilines is 2. The molecule has 1 fully saturated rings. The van der Waals surface area contributed by atoms with E-state index >= 15 is 0 Å². The Balaban J connectivity index is 1.55. The molecule has 0 aliphatic carbocycles. The van der Waals surface area contributed by atoms with Crippen molar-refractivity contribution in [3.63, 3.8) is 0 Å². The molecule has 2 aliphatic heterocycles. The Bertz CT molecular complexity index is 1110. The van der Waals surface area contributed by atoms with Gasteiger partial charge in [-0.15, -0.1) is 0 Å². The van der Waals surface area contributed by atoms with Gasteiger partial charge < -0.3 is 29.4 Å². The van der Waals surface area contributed by atoms with Crippen molar-refractivity contribution in [1.29, 1.82) is 0 Å². The van der Waals surface area contributed by atoms with E-state index in [0.29, 0.717) is 32.9 Å². The first kappa shape index (κ1) is 19.9. The maximum absolute atomic E-state index is 12.7. The van der Waals surface area contributed by atoms with Crippen molar-refractivity contribution < 1.29 is 19.4 Å². The highest BCUT2D eigenvalue weighted by Gasteiger charge is 2.32. The maximum Gasteiger partial charge on any atom is 0.233 e. The zero-order valence-electron chi connectivity index (χ0n) is 17.4. The number of pyridine rings is 2. The summed E-state index contributed by atoms with van der Waals surface area (Å²) in [7, 11) is 1.94. The average molecular weight is 423 g/mol. The largest absolute Gasteiger partial charge is 0.395 e. The number of hydrogen-bond donors (Lipinski definition) is 2. The molecule has 0 aromatic carbocycles. The molecule has 9 nitrogen and oxygen atoms in total. The Hall–Kier alpha value is -3.01. The minimum Gasteiger partial charge on any atom is -0.395 e. The number of aliphatic hydroxyl groups excluding tert-OH is 1. The molecule has 1 atom stereocenters. The van der Waals surface area contributed by atoms with Crippen molar-refractivity contribution in [2.45, 2.75) is 12.5 Å². The molecule has 3 aromatic rings. The molecule has 5 rings (SSSR count). The number of fused-ring (bicyclic) bond motifs is 2. The number of carbonyl (C=O) groups excluding carboxylic acids is 1. The minimum atomic E-state index is -0.142. The Morgan fingerprint density at radius 1 is 1.32 bits per heavy atom. The lowest BCUT2D eigenvalue weighted by atomic mass is 10.0. The molecule has 3 aromatic heterocycles. The number of H-pyrrole nitrogens is 1. The molecule has 1 saturated heterocycles. The quantitative estimate of drug-likeness (QED) is 0.617. The van der Waals surface area contributed by atoms with Gasteiger partial charge in [-0.3, -0.25) is 9.78 Å². The second kappa shape index (κ2) is 8.26. The van der Waals surface area contributed by atoms with Gasteiger partial charge in [0, 0.05) is 48.7 Å². The number of carbonyl (C=O) groups is 1. The maximum atomic E-state index is 12.7. The lowest BCUT2D eigenvalue weighted by Crippen LogP contribution is -2.41. The highest BCUT2D eigenvalue weighted by molar-refractivity contribution is 6.03. The van der Waals surface area contributed by atoms with Gasteiger partial charge in [0.1, 0.15) is 5.65 Å². The minimum absolute atomic E-state index is 0.0191. The standard InChI is InChI=1S/C22H25N5O4/c1-26(4-5-28)21-16-2-3-23-22(16)25-11-17(21)14-8-19-18(24-10-14)9-20(29)27(19)12-15-13-30-6-7-31-15/h2-3,8,10-11,15,28H,4-7,9,12-13H2,1H3,(H,23,25)/t15-/m0/s1. The highest BCUT2D eigenvalue weighted by Crippen LogP contribution is 2.38. The van der Waals surface area contributed by atoms with Gasteiger partial charge in [-0.05, 0) is 12.1 Å². The SMILES string of the molecule is CN(CCO)c1c(-c2cnc3c(c2)N(C[C@H]2COCCO2)C(=O)C3)cnc2[nH]ccc12. The molecule has 5 heterocycles. The number of amides is 1. The van der Waals surface area contributed by atoms with E-state index in [1.807, 2.05) is 36.5 Å². The number of rotatable bonds is 6. The summed E-state index contributed by atoms with van der Waals surface area (Å²) in [5, 5.41) is 10.5. The topological polar surface area (TPSA) is 104 Å². The first-order valence-electron chi connectivity index (χ1n) is 10.4. The number of likely N-dealkylation sites (N-methyl/N-ethyl adjacent to an activating group) is 1. The molecule has 1 amide bonds. The van der Waals surface area contributed by atoms with Gasteiger partial charge in [0.25, 0.3) is 0 Å². The van der Waals surface area contributed by atoms with Crippen LogP contribution in [0.25, 0.3) is 22.2 Å². The normalized spacial score (nSPS) is 18.6. The van der Waals surface area contributed by atoms with E-state index in [0.717, 1.165) is 39.2 Å². The van der Waals surface area contributed by atoms with Crippen molar-refractivity contribution in [2.24, 2.45) is 0 Å². The van der Waals surface area contributed by atoms with Crippen LogP contribution in [-0.4, -0.2) is 78.6 Å². The van der Waals surface area contributed by atoms with Gasteiger partial charge in [0.05, 0.1) is 62.6 Å². The van der Waals surface area contributed by atoms with Crippen molar-refractivity contribution in [1.82, 2.24) is 15.0 Å². The van der Waals surface area contributed by atoms with Crippen molar-refractivity contribution in [3.8, 4) is 11.1 Å². The summed E-state index contributed by atoms with van der Waals surface area (Å²) in [6.07, 6.45) is 5.60. The number of aromatic amines is 1. The number of aliphatic hydroxyl groups is 1. The number of nitrogens with zero attached hydrogens (tertiary/aromatic N) is 4. The Labute approximate surface area is 179 Å². The van der Waals surface area contributed by atoms with E-state index in [2.05, 4.69) is 15.0 Å². The average Bonchev–Trinajstić information content (AvgIpc) is 3.38. The van der Waals surface area contributed by atoms with Crippen LogP contribution in [0.1, 0.15) is 5.69 Å². The van der Waals surface area contributed by atoms with Crippen molar-refractivity contribution >= 4 is 28.3 Å². The fraction of sp³-hybridized carbons (Fsp3) is 0.409. The second-order valence-electron chi connectivity index (χ2n) is 7.84. The summed E-state index contributed by atoms with van der Waals surface area (Å²) >= 11 is 0. The van der Waals surface area contributed by atoms with E-state index in [1.54, 1.807) is 11.1 Å². The smallest absolute Gasteiger partial charge is 0.233 e. The molecular weight excluding hydrogens is 398 g/mol. The molecule has 2 aliphatic rings. The lowest BCUT2D eigenvalue weighted by Gasteiger charge is -2.28. The van der Waals surface area contributed by atoms with Crippen molar-refractivity contribution in [3.05, 3.63) is 36.4 Å². The highest BCUT2D eigenvalue weighted by atomic mass is 16.6. The summed E-state index contributed by atoms with van der Waals surface area (Å²) in [5.41, 5.74) is 5.09. The fourth-order valence-electron chi connectivity index (χ4n) is 4.30. The molecule has 0 unspecified atom stereocenters. The molecule has 0 saturated carbocycles. The number of ether oxygens (including phenoxy) is 2. The first-order chi connectivity index (χ1) is 15.2. The molecule has 31 heavy (non-hydrogen) atoms. The van der Waals surface area contributed by atoms with E-state index in [9.17, 15) is 9.90 Å². The Morgan fingerprint density at radius 2 is 2.23 bits per heavy atom. The van der Waals surface area contributed by atoms with Gasteiger partial charge in [0.15, 0.2) is 0 Å². The number of nitrogens with one attached hydrogen (secondary N) is 1. The Kier molecular flexibility index (Phi) is 5.31. The van der Waals surface area contributed by atoms with Crippen LogP contribution >= 0.6 is 0 Å². The zero-order chi connectivity index (χ0) is 21.4. The van der Waals surface area contributed by atoms with Gasteiger partial charge in [0.2, 0.25) is 5.91 Å². The van der Waals surface area contributed by atoms with Crippen LogP contribution in [0.2, 0.25) is 0 Å². The van der Waals surface area contributed by atoms with Crippen LogP contribution in [0.4, 0.5) is 11.4 Å². The third-order valence-electron chi connectivity index (χ3n) is 5.82. The molecule has 2 N–H and O–H groups in total. The molecule has 0 radical (unpaired) electrons. The second-order valence-corrected chi connectivity index (χ2v) is 7.84. The first-order valence-corrected chi connectivity index (χ1v) is 10.4. The third-order valence-corrected chi connectivity index (χ3v) is 5.82. The predicted molar refractivity (Wildman–Crippen MR) is 116 cm³/mol. The predicted octanol–water partition coefficient (Wildman–Crippen LogP) is 1.36. The lowest BCUT2D eigenvalue weighted by molar-refractivity contribution is -0.119. The van der Waals surface area contributed by atoms with Gasteiger partial charge >= 0.3 is 0 Å². The van der Waals surface area contributed by atoms with Gasteiger partial charge in [-0.1, -0.05) is 0 Å². The zero-order valence-corrected chi connectivity index (χ0v) is 17.4. The molecule has 9 heteroatoms. The summed E-state index contributed by atoms with van der Waals surface area (Å²) in [5.74, 6) is 0.0191. The number of hydrogen-bond acceptors (Lipinski definition) is 7. The number of aromatic nitrogens is 3. The van der Waals surface area contributed by atoms with Crippen LogP contribution in [0.5, 0.6) is 0 Å². The third kappa shape index (κ3) is 3.65. The van der Waals surface area contributed by atoms with Gasteiger partial charge in [-0.25, -0.2) is 4.98 Å². The van der Waals surface area contributed by atoms with E-state index in [-0.39, 0.29) is 25.0 Å². The molecule has 0 bridgehead atoms. The van der Waals surface area contributed by atoms with E-state index in [1.165, 1.54) is 0 Å². The molecule has 162 valence electrons. The van der Waals surface area contributed by atoms with Crippen LogP contribution in [0.3, 0.4) is 0 Å². The van der Waals surface area contributed by atoms with E-state index < -0.39 is 0 Å². The summed E-state index contributed by atoms with van der Waals surface area (Å²) in [6.45, 7) is 2.59. The monoisotopic (exact) mass is 423 g/mol. The Morgan fingerprint density at radius 3 is 3.03 bits per heavy atom. The summed E-state index contributed by atoms with van der Waals surface area (Å²) in [4.78, 5) is 28.8. The van der Waals surface area contributed by atoms with Crippen LogP contribution in [0.15, 0.2) is 30.7 Å². The van der Waals surface area contributed by atoms with Gasteiger partial charge in [-0.2, -0.15) is 0 Å². The van der Waals surface area contributed by atoms with Crippen LogP contribution in [0, 0.1) is 0 Å². The van der Waals surface area contributed by atoms with Crippen molar-refractivity contribution in [2.75, 3.05) is 56.4 Å².